The summed E-state index contributed by atoms with van der Waals surface area (Å²) >= 11 is 3.05. The number of halogens is 2. The van der Waals surface area contributed by atoms with Gasteiger partial charge in [-0.05, 0) is 24.3 Å². The number of benzene rings is 1. The summed E-state index contributed by atoms with van der Waals surface area (Å²) in [6.45, 7) is 0. The summed E-state index contributed by atoms with van der Waals surface area (Å²) in [5, 5.41) is 9.96. The zero-order valence-corrected chi connectivity index (χ0v) is 11.0. The Morgan fingerprint density at radius 3 is 2.64 bits per heavy atom. The quantitative estimate of drug-likeness (QED) is 0.288. The Balaban J connectivity index is 0.00000169. The van der Waals surface area contributed by atoms with Crippen molar-refractivity contribution in [2.75, 3.05) is 0 Å². The number of ketones is 1. The van der Waals surface area contributed by atoms with Crippen LogP contribution in [-0.2, 0) is 0 Å². The van der Waals surface area contributed by atoms with Gasteiger partial charge in [0.15, 0.2) is 5.78 Å². The van der Waals surface area contributed by atoms with Crippen molar-refractivity contribution in [3.05, 3.63) is 46.4 Å². The molecule has 0 unspecified atom stereocenters. The van der Waals surface area contributed by atoms with E-state index in [1.165, 1.54) is 18.2 Å². The molecular weight excluding hydrogens is 262 g/mol. The maximum absolute atomic E-state index is 13.0. The molecule has 1 aromatic rings. The van der Waals surface area contributed by atoms with Crippen molar-refractivity contribution in [2.45, 2.75) is 0 Å². The van der Waals surface area contributed by atoms with Crippen LogP contribution >= 0.6 is 15.9 Å². The molecule has 5 heteroatoms. The fraction of sp³-hybridized carbons (Fsp3) is 0. The summed E-state index contributed by atoms with van der Waals surface area (Å²) in [5.41, 5.74) is -0.102. The van der Waals surface area contributed by atoms with E-state index in [0.717, 1.165) is 6.08 Å². The second kappa shape index (κ2) is 6.35. The number of carbonyl (C=O) groups is 1. The average Bonchev–Trinajstić information content (AvgIpc) is 2.04. The van der Waals surface area contributed by atoms with Crippen molar-refractivity contribution >= 4 is 21.7 Å². The summed E-state index contributed by atoms with van der Waals surface area (Å²) in [5.74, 6) is -1.27. The van der Waals surface area contributed by atoms with E-state index in [-0.39, 0.29) is 35.1 Å². The van der Waals surface area contributed by atoms with Crippen LogP contribution in [0.3, 0.4) is 0 Å². The standard InChI is InChI=1S/C9H6BrFO2.Na/c10-6-1-2-7(8(11)5-6)9(13)3-4-12;/h1-5,12H;/q;+1/p-1/b4-3+;. The van der Waals surface area contributed by atoms with Gasteiger partial charge >= 0.3 is 29.6 Å². The Bertz CT molecular complexity index is 366. The summed E-state index contributed by atoms with van der Waals surface area (Å²) in [6.07, 6.45) is 1.12. The van der Waals surface area contributed by atoms with E-state index in [4.69, 9.17) is 0 Å². The minimum absolute atomic E-state index is 0. The normalized spacial score (nSPS) is 9.86. The van der Waals surface area contributed by atoms with Gasteiger partial charge in [0.1, 0.15) is 5.82 Å². The molecule has 0 N–H and O–H groups in total. The summed E-state index contributed by atoms with van der Waals surface area (Å²) in [6, 6.07) is 4.03. The molecule has 0 amide bonds. The molecule has 0 atom stereocenters. The van der Waals surface area contributed by atoms with E-state index in [1.807, 2.05) is 0 Å². The summed E-state index contributed by atoms with van der Waals surface area (Å²) in [7, 11) is 0. The van der Waals surface area contributed by atoms with E-state index >= 15 is 0 Å². The third kappa shape index (κ3) is 3.53. The van der Waals surface area contributed by atoms with E-state index in [0.29, 0.717) is 10.7 Å². The van der Waals surface area contributed by atoms with E-state index < -0.39 is 11.6 Å². The molecule has 2 nitrogen and oxygen atoms in total. The van der Waals surface area contributed by atoms with Crippen LogP contribution in [0, 0.1) is 5.82 Å². The van der Waals surface area contributed by atoms with Gasteiger partial charge in [0.2, 0.25) is 0 Å². The molecule has 0 bridgehead atoms. The van der Waals surface area contributed by atoms with Gasteiger partial charge in [-0.25, -0.2) is 4.39 Å². The minimum Gasteiger partial charge on any atom is -0.878 e. The van der Waals surface area contributed by atoms with Crippen LogP contribution in [-0.4, -0.2) is 5.78 Å². The zero-order valence-electron chi connectivity index (χ0n) is 7.46. The summed E-state index contributed by atoms with van der Waals surface area (Å²) in [4.78, 5) is 11.0. The minimum atomic E-state index is -0.641. The van der Waals surface area contributed by atoms with E-state index in [1.54, 1.807) is 0 Å². The first kappa shape index (κ1) is 13.8. The van der Waals surface area contributed by atoms with Crippen LogP contribution in [0.4, 0.5) is 4.39 Å². The molecular formula is C9H5BrFNaO2. The first-order chi connectivity index (χ1) is 6.15. The number of rotatable bonds is 2. The number of allylic oxidation sites excluding steroid dienone is 1. The van der Waals surface area contributed by atoms with Crippen LogP contribution in [0.1, 0.15) is 10.4 Å². The maximum atomic E-state index is 13.0. The third-order valence-electron chi connectivity index (χ3n) is 1.42. The van der Waals surface area contributed by atoms with Crippen LogP contribution < -0.4 is 34.7 Å². The third-order valence-corrected chi connectivity index (χ3v) is 1.91. The Kier molecular flexibility index (Phi) is 6.27. The van der Waals surface area contributed by atoms with Crippen molar-refractivity contribution < 1.29 is 43.8 Å². The molecule has 0 spiro atoms. The molecule has 0 aliphatic heterocycles. The van der Waals surface area contributed by atoms with Gasteiger partial charge in [-0.3, -0.25) is 4.79 Å². The molecule has 0 radical (unpaired) electrons. The zero-order chi connectivity index (χ0) is 9.84. The molecule has 0 saturated carbocycles. The van der Waals surface area contributed by atoms with Crippen LogP contribution in [0.25, 0.3) is 0 Å². The fourth-order valence-corrected chi connectivity index (χ4v) is 1.17. The van der Waals surface area contributed by atoms with Crippen molar-refractivity contribution in [1.82, 2.24) is 0 Å². The SMILES string of the molecule is O=C(/C=C/[O-])c1ccc(Br)cc1F.[Na+]. The predicted octanol–water partition coefficient (Wildman–Crippen LogP) is -1.35. The van der Waals surface area contributed by atoms with Crippen molar-refractivity contribution in [3.8, 4) is 0 Å². The molecule has 14 heavy (non-hydrogen) atoms. The second-order valence-electron chi connectivity index (χ2n) is 2.29. The molecule has 0 heterocycles. The Labute approximate surface area is 111 Å². The Morgan fingerprint density at radius 1 is 1.50 bits per heavy atom. The predicted molar refractivity (Wildman–Crippen MR) is 47.6 cm³/mol. The summed E-state index contributed by atoms with van der Waals surface area (Å²) < 4.78 is 13.6. The van der Waals surface area contributed by atoms with Crippen molar-refractivity contribution in [3.63, 3.8) is 0 Å². The van der Waals surface area contributed by atoms with Gasteiger partial charge in [0.05, 0.1) is 5.56 Å². The van der Waals surface area contributed by atoms with Gasteiger partial charge in [0, 0.05) is 4.47 Å². The molecule has 0 aromatic heterocycles. The molecule has 0 aliphatic carbocycles. The van der Waals surface area contributed by atoms with Crippen molar-refractivity contribution in [1.29, 1.82) is 0 Å². The maximum Gasteiger partial charge on any atom is 1.00 e. The van der Waals surface area contributed by atoms with E-state index in [2.05, 4.69) is 15.9 Å². The van der Waals surface area contributed by atoms with E-state index in [9.17, 15) is 14.3 Å². The largest absolute Gasteiger partial charge is 1.00 e. The molecule has 0 aliphatic rings. The monoisotopic (exact) mass is 266 g/mol. The topological polar surface area (TPSA) is 40.1 Å². The van der Waals surface area contributed by atoms with Crippen LogP contribution in [0.5, 0.6) is 0 Å². The Morgan fingerprint density at radius 2 is 2.14 bits per heavy atom. The van der Waals surface area contributed by atoms with Crippen LogP contribution in [0.2, 0.25) is 0 Å². The molecule has 1 rings (SSSR count). The van der Waals surface area contributed by atoms with Crippen molar-refractivity contribution in [2.24, 2.45) is 0 Å². The van der Waals surface area contributed by atoms with Gasteiger partial charge in [-0.2, -0.15) is 0 Å². The molecule has 0 saturated heterocycles. The average molecular weight is 267 g/mol. The first-order valence-electron chi connectivity index (χ1n) is 3.43. The van der Waals surface area contributed by atoms with Gasteiger partial charge in [0.25, 0.3) is 0 Å². The number of hydrogen-bond acceptors (Lipinski definition) is 2. The number of carbonyl (C=O) groups excluding carboxylic acids is 1. The Hall–Kier alpha value is -0.160. The van der Waals surface area contributed by atoms with Gasteiger partial charge in [-0.15, -0.1) is 6.26 Å². The van der Waals surface area contributed by atoms with Gasteiger partial charge < -0.3 is 5.11 Å². The number of hydrogen-bond donors (Lipinski definition) is 0. The first-order valence-corrected chi connectivity index (χ1v) is 4.22. The van der Waals surface area contributed by atoms with Gasteiger partial charge in [-0.1, -0.05) is 15.9 Å². The second-order valence-corrected chi connectivity index (χ2v) is 3.21. The fourth-order valence-electron chi connectivity index (χ4n) is 0.841. The molecule has 68 valence electrons. The van der Waals surface area contributed by atoms with Crippen LogP contribution in [0.15, 0.2) is 35.0 Å². The molecule has 1 aromatic carbocycles. The smallest absolute Gasteiger partial charge is 0.878 e. The molecule has 0 fully saturated rings.